The smallest absolute Gasteiger partial charge is 0.241 e. The summed E-state index contributed by atoms with van der Waals surface area (Å²) < 4.78 is 0. The fraction of sp³-hybridized carbons (Fsp3) is 0.583. The Balaban J connectivity index is 1.88. The van der Waals surface area contributed by atoms with Crippen LogP contribution in [0.3, 0.4) is 0 Å². The molecule has 0 aliphatic carbocycles. The fourth-order valence-electron chi connectivity index (χ4n) is 2.04. The Morgan fingerprint density at radius 2 is 2.11 bits per heavy atom. The van der Waals surface area contributed by atoms with Gasteiger partial charge in [0, 0.05) is 24.8 Å². The van der Waals surface area contributed by atoms with Gasteiger partial charge in [0.25, 0.3) is 0 Å². The Morgan fingerprint density at radius 3 is 2.78 bits per heavy atom. The van der Waals surface area contributed by atoms with Crippen LogP contribution in [0.5, 0.6) is 0 Å². The summed E-state index contributed by atoms with van der Waals surface area (Å²) >= 11 is 5.76. The van der Waals surface area contributed by atoms with Crippen LogP contribution in [-0.2, 0) is 4.79 Å². The first-order valence-corrected chi connectivity index (χ1v) is 6.56. The van der Waals surface area contributed by atoms with Gasteiger partial charge in [-0.25, -0.2) is 9.97 Å². The molecule has 1 saturated heterocycles. The predicted octanol–water partition coefficient (Wildman–Crippen LogP) is 1.86. The number of carbonyl (C=O) groups excluding carboxylic acids is 1. The molecular formula is C12H17ClN4O. The van der Waals surface area contributed by atoms with E-state index in [2.05, 4.69) is 15.3 Å². The van der Waals surface area contributed by atoms with Crippen molar-refractivity contribution in [3.05, 3.63) is 17.0 Å². The summed E-state index contributed by atoms with van der Waals surface area (Å²) in [4.78, 5) is 21.8. The molecule has 5 nitrogen and oxygen atoms in total. The Bertz CT molecular complexity index is 412. The van der Waals surface area contributed by atoms with E-state index in [1.54, 1.807) is 6.07 Å². The van der Waals surface area contributed by atoms with Crippen LogP contribution in [0.4, 0.5) is 5.82 Å². The highest BCUT2D eigenvalue weighted by Gasteiger charge is 2.16. The van der Waals surface area contributed by atoms with E-state index >= 15 is 0 Å². The minimum atomic E-state index is 0.113. The van der Waals surface area contributed by atoms with Crippen LogP contribution < -0.4 is 5.32 Å². The lowest BCUT2D eigenvalue weighted by molar-refractivity contribution is -0.130. The largest absolute Gasteiger partial charge is 0.361 e. The van der Waals surface area contributed by atoms with E-state index < -0.39 is 0 Å². The van der Waals surface area contributed by atoms with Crippen molar-refractivity contribution < 1.29 is 4.79 Å². The van der Waals surface area contributed by atoms with Gasteiger partial charge in [0.1, 0.15) is 5.82 Å². The zero-order valence-electron chi connectivity index (χ0n) is 10.4. The second-order valence-corrected chi connectivity index (χ2v) is 4.80. The normalized spacial score (nSPS) is 15.6. The summed E-state index contributed by atoms with van der Waals surface area (Å²) in [7, 11) is 0. The minimum Gasteiger partial charge on any atom is -0.361 e. The summed E-state index contributed by atoms with van der Waals surface area (Å²) in [5, 5.41) is 3.19. The average Bonchev–Trinajstić information content (AvgIpc) is 2.36. The van der Waals surface area contributed by atoms with E-state index in [9.17, 15) is 4.79 Å². The van der Waals surface area contributed by atoms with Crippen LogP contribution in [0.15, 0.2) is 6.07 Å². The minimum absolute atomic E-state index is 0.113. The van der Waals surface area contributed by atoms with Gasteiger partial charge in [-0.1, -0.05) is 0 Å². The van der Waals surface area contributed by atoms with E-state index in [-0.39, 0.29) is 17.7 Å². The first kappa shape index (κ1) is 13.1. The third-order valence-corrected chi connectivity index (χ3v) is 3.13. The monoisotopic (exact) mass is 268 g/mol. The molecule has 2 rings (SSSR count). The third-order valence-electron chi connectivity index (χ3n) is 2.96. The number of amides is 1. The number of aromatic nitrogens is 2. The van der Waals surface area contributed by atoms with Gasteiger partial charge in [0.15, 0.2) is 0 Å². The Morgan fingerprint density at radius 1 is 1.39 bits per heavy atom. The van der Waals surface area contributed by atoms with Crippen LogP contribution in [0.25, 0.3) is 0 Å². The number of nitrogens with zero attached hydrogens (tertiary/aromatic N) is 3. The molecule has 18 heavy (non-hydrogen) atoms. The molecule has 0 unspecified atom stereocenters. The van der Waals surface area contributed by atoms with Gasteiger partial charge in [-0.15, -0.1) is 0 Å². The molecule has 0 atom stereocenters. The molecular weight excluding hydrogens is 252 g/mol. The molecule has 1 aliphatic heterocycles. The maximum absolute atomic E-state index is 11.9. The van der Waals surface area contributed by atoms with Gasteiger partial charge in [0.2, 0.25) is 11.2 Å². The summed E-state index contributed by atoms with van der Waals surface area (Å²) in [6.45, 7) is 3.83. The molecule has 0 saturated carbocycles. The van der Waals surface area contributed by atoms with Crippen LogP contribution in [0, 0.1) is 6.92 Å². The highest BCUT2D eigenvalue weighted by molar-refractivity contribution is 6.28. The Labute approximate surface area is 112 Å². The number of carbonyl (C=O) groups is 1. The topological polar surface area (TPSA) is 58.1 Å². The maximum Gasteiger partial charge on any atom is 0.241 e. The van der Waals surface area contributed by atoms with Crippen molar-refractivity contribution in [3.63, 3.8) is 0 Å². The molecule has 1 fully saturated rings. The molecule has 98 valence electrons. The Kier molecular flexibility index (Phi) is 4.36. The van der Waals surface area contributed by atoms with Gasteiger partial charge in [-0.2, -0.15) is 0 Å². The predicted molar refractivity (Wildman–Crippen MR) is 70.7 cm³/mol. The highest BCUT2D eigenvalue weighted by atomic mass is 35.5. The number of hydrogen-bond acceptors (Lipinski definition) is 4. The van der Waals surface area contributed by atoms with Gasteiger partial charge in [0.05, 0.1) is 6.54 Å². The van der Waals surface area contributed by atoms with Crippen LogP contribution in [0.2, 0.25) is 5.28 Å². The molecule has 1 aromatic rings. The quantitative estimate of drug-likeness (QED) is 0.850. The average molecular weight is 269 g/mol. The van der Waals surface area contributed by atoms with Crippen molar-refractivity contribution in [3.8, 4) is 0 Å². The zero-order chi connectivity index (χ0) is 13.0. The molecule has 0 radical (unpaired) electrons. The number of nitrogens with one attached hydrogen (secondary N) is 1. The number of hydrogen-bond donors (Lipinski definition) is 1. The summed E-state index contributed by atoms with van der Waals surface area (Å²) in [5.74, 6) is 0.708. The summed E-state index contributed by atoms with van der Waals surface area (Å²) in [5.41, 5.74) is 0.780. The third kappa shape index (κ3) is 3.57. The molecule has 1 amide bonds. The number of rotatable bonds is 3. The Hall–Kier alpha value is -1.36. The molecule has 0 spiro atoms. The van der Waals surface area contributed by atoms with Gasteiger partial charge >= 0.3 is 0 Å². The molecule has 2 heterocycles. The van der Waals surface area contributed by atoms with Crippen molar-refractivity contribution in [2.24, 2.45) is 0 Å². The molecule has 6 heteroatoms. The van der Waals surface area contributed by atoms with Crippen LogP contribution >= 0.6 is 11.6 Å². The number of halogens is 1. The van der Waals surface area contributed by atoms with Gasteiger partial charge in [-0.05, 0) is 37.8 Å². The SMILES string of the molecule is Cc1cc(NCC(=O)N2CCCCC2)nc(Cl)n1. The number of likely N-dealkylation sites (tertiary alicyclic amines) is 1. The lowest BCUT2D eigenvalue weighted by Crippen LogP contribution is -2.39. The van der Waals surface area contributed by atoms with Crippen molar-refractivity contribution in [2.75, 3.05) is 25.0 Å². The fourth-order valence-corrected chi connectivity index (χ4v) is 2.27. The molecule has 1 aromatic heterocycles. The standard InChI is InChI=1S/C12H17ClN4O/c1-9-7-10(16-12(13)15-9)14-8-11(18)17-5-3-2-4-6-17/h7H,2-6,8H2,1H3,(H,14,15,16). The summed E-state index contributed by atoms with van der Waals surface area (Å²) in [6, 6.07) is 1.77. The molecule has 1 N–H and O–H groups in total. The van der Waals surface area contributed by atoms with E-state index in [1.807, 2.05) is 11.8 Å². The van der Waals surface area contributed by atoms with Crippen molar-refractivity contribution >= 4 is 23.3 Å². The second kappa shape index (κ2) is 6.00. The summed E-state index contributed by atoms with van der Waals surface area (Å²) in [6.07, 6.45) is 3.42. The van der Waals surface area contributed by atoms with Crippen molar-refractivity contribution in [2.45, 2.75) is 26.2 Å². The van der Waals surface area contributed by atoms with E-state index in [0.29, 0.717) is 5.82 Å². The highest BCUT2D eigenvalue weighted by Crippen LogP contribution is 2.11. The number of anilines is 1. The van der Waals surface area contributed by atoms with Gasteiger partial charge < -0.3 is 10.2 Å². The lowest BCUT2D eigenvalue weighted by atomic mass is 10.1. The molecule has 1 aliphatic rings. The number of piperidine rings is 1. The first-order valence-electron chi connectivity index (χ1n) is 6.18. The lowest BCUT2D eigenvalue weighted by Gasteiger charge is -2.26. The van der Waals surface area contributed by atoms with E-state index in [1.165, 1.54) is 6.42 Å². The molecule has 0 bridgehead atoms. The van der Waals surface area contributed by atoms with Crippen LogP contribution in [-0.4, -0.2) is 40.4 Å². The molecule has 0 aromatic carbocycles. The maximum atomic E-state index is 11.9. The first-order chi connectivity index (χ1) is 8.65. The number of aryl methyl sites for hydroxylation is 1. The van der Waals surface area contributed by atoms with E-state index in [0.717, 1.165) is 31.6 Å². The van der Waals surface area contributed by atoms with Crippen LogP contribution in [0.1, 0.15) is 25.0 Å². The zero-order valence-corrected chi connectivity index (χ0v) is 11.2. The second-order valence-electron chi connectivity index (χ2n) is 4.46. The van der Waals surface area contributed by atoms with Crippen molar-refractivity contribution in [1.82, 2.24) is 14.9 Å². The van der Waals surface area contributed by atoms with Gasteiger partial charge in [-0.3, -0.25) is 4.79 Å². The van der Waals surface area contributed by atoms with E-state index in [4.69, 9.17) is 11.6 Å². The van der Waals surface area contributed by atoms with Crippen molar-refractivity contribution in [1.29, 1.82) is 0 Å².